The fourth-order valence-corrected chi connectivity index (χ4v) is 4.80. The lowest BCUT2D eigenvalue weighted by Gasteiger charge is -2.47. The molecule has 0 spiro atoms. The molecule has 0 amide bonds. The smallest absolute Gasteiger partial charge is 0.208 e. The zero-order valence-corrected chi connectivity index (χ0v) is 18.2. The van der Waals surface area contributed by atoms with E-state index in [1.165, 1.54) is 17.4 Å². The fraction of sp³-hybridized carbons (Fsp3) is 0.565. The molecule has 1 aromatic rings. The number of ether oxygens (including phenoxy) is 1. The molecule has 1 aliphatic carbocycles. The molecule has 0 saturated carbocycles. The Bertz CT molecular complexity index is 919. The summed E-state index contributed by atoms with van der Waals surface area (Å²) < 4.78 is 30.9. The molecular weight excluding hydrogens is 370 g/mol. The summed E-state index contributed by atoms with van der Waals surface area (Å²) in [6.45, 7) is 7.08. The molecule has 28 heavy (non-hydrogen) atoms. The lowest BCUT2D eigenvalue weighted by atomic mass is 9.67. The second kappa shape index (κ2) is 8.31. The SMILES string of the molecule is CC1=CC[C@@H]2[C@@H](C1)c1ccc(CC#CCCCNS(C)(=O)=O)cc1OC2(C)C. The summed E-state index contributed by atoms with van der Waals surface area (Å²) in [6.07, 6.45) is 7.83. The highest BCUT2D eigenvalue weighted by molar-refractivity contribution is 7.88. The first-order chi connectivity index (χ1) is 13.2. The molecule has 1 N–H and O–H groups in total. The highest BCUT2D eigenvalue weighted by atomic mass is 32.2. The summed E-state index contributed by atoms with van der Waals surface area (Å²) in [5.74, 6) is 8.40. The van der Waals surface area contributed by atoms with E-state index in [2.05, 4.69) is 61.6 Å². The number of nitrogens with one attached hydrogen (secondary N) is 1. The molecule has 4 nitrogen and oxygen atoms in total. The van der Waals surface area contributed by atoms with E-state index in [0.29, 0.717) is 31.2 Å². The average Bonchev–Trinajstić information content (AvgIpc) is 2.59. The van der Waals surface area contributed by atoms with Gasteiger partial charge in [-0.25, -0.2) is 13.1 Å². The number of rotatable bonds is 5. The summed E-state index contributed by atoms with van der Waals surface area (Å²) in [5, 5.41) is 0. The lowest BCUT2D eigenvalue weighted by molar-refractivity contribution is 0.00849. The van der Waals surface area contributed by atoms with Gasteiger partial charge in [0.2, 0.25) is 10.0 Å². The number of unbranched alkanes of at least 4 members (excludes halogenated alkanes) is 1. The molecule has 0 saturated heterocycles. The van der Waals surface area contributed by atoms with Gasteiger partial charge in [-0.05, 0) is 63.1 Å². The van der Waals surface area contributed by atoms with Crippen molar-refractivity contribution >= 4 is 10.0 Å². The van der Waals surface area contributed by atoms with E-state index < -0.39 is 10.0 Å². The number of hydrogen-bond acceptors (Lipinski definition) is 3. The second-order valence-corrected chi connectivity index (χ2v) is 10.4. The topological polar surface area (TPSA) is 55.4 Å². The van der Waals surface area contributed by atoms with Crippen LogP contribution in [0.1, 0.15) is 63.5 Å². The first-order valence-electron chi connectivity index (χ1n) is 10.0. The molecule has 0 fully saturated rings. The van der Waals surface area contributed by atoms with Crippen LogP contribution in [-0.2, 0) is 16.4 Å². The molecule has 5 heteroatoms. The van der Waals surface area contributed by atoms with Gasteiger partial charge in [0.15, 0.2) is 0 Å². The van der Waals surface area contributed by atoms with Gasteiger partial charge < -0.3 is 4.74 Å². The maximum absolute atomic E-state index is 11.0. The monoisotopic (exact) mass is 401 g/mol. The third-order valence-electron chi connectivity index (χ3n) is 5.75. The zero-order chi connectivity index (χ0) is 20.4. The Balaban J connectivity index is 1.63. The summed E-state index contributed by atoms with van der Waals surface area (Å²) >= 11 is 0. The summed E-state index contributed by atoms with van der Waals surface area (Å²) in [7, 11) is -3.11. The van der Waals surface area contributed by atoms with Gasteiger partial charge in [-0.2, -0.15) is 0 Å². The molecule has 0 radical (unpaired) electrons. The Morgan fingerprint density at radius 1 is 1.29 bits per heavy atom. The molecule has 0 unspecified atom stereocenters. The molecule has 0 bridgehead atoms. The number of fused-ring (bicyclic) bond motifs is 3. The summed E-state index contributed by atoms with van der Waals surface area (Å²) in [5.41, 5.74) is 3.81. The largest absolute Gasteiger partial charge is 0.487 e. The molecule has 3 rings (SSSR count). The number of hydrogen-bond donors (Lipinski definition) is 1. The highest BCUT2D eigenvalue weighted by Gasteiger charge is 2.44. The maximum Gasteiger partial charge on any atom is 0.208 e. The molecule has 0 aromatic heterocycles. The van der Waals surface area contributed by atoms with Gasteiger partial charge in [0.25, 0.3) is 0 Å². The van der Waals surface area contributed by atoms with Gasteiger partial charge in [0.1, 0.15) is 11.4 Å². The van der Waals surface area contributed by atoms with Crippen molar-refractivity contribution in [2.45, 2.75) is 64.4 Å². The van der Waals surface area contributed by atoms with Crippen molar-refractivity contribution in [3.05, 3.63) is 41.0 Å². The van der Waals surface area contributed by atoms with Crippen LogP contribution in [0.25, 0.3) is 0 Å². The number of benzene rings is 1. The molecule has 152 valence electrons. The quantitative estimate of drug-likeness (QED) is 0.458. The van der Waals surface area contributed by atoms with Crippen molar-refractivity contribution in [3.8, 4) is 17.6 Å². The standard InChI is InChI=1S/C23H31NO3S/c1-17-10-13-21-20(15-17)19-12-11-18(16-22(19)27-23(21,2)3)9-7-5-6-8-14-24-28(4,25)26/h10-12,16,20-21,24H,6,8-9,13-15H2,1-4H3/t20-,21+/m0/s1. The second-order valence-electron chi connectivity index (χ2n) is 8.58. The first-order valence-corrected chi connectivity index (χ1v) is 11.9. The van der Waals surface area contributed by atoms with Crippen molar-refractivity contribution in [1.29, 1.82) is 0 Å². The van der Waals surface area contributed by atoms with E-state index in [-0.39, 0.29) is 5.60 Å². The van der Waals surface area contributed by atoms with E-state index in [1.807, 2.05) is 0 Å². The Labute approximate surface area is 169 Å². The van der Waals surface area contributed by atoms with Crippen LogP contribution in [0.2, 0.25) is 0 Å². The van der Waals surface area contributed by atoms with E-state index in [1.54, 1.807) is 0 Å². The number of sulfonamides is 1. The van der Waals surface area contributed by atoms with Crippen LogP contribution in [-0.4, -0.2) is 26.8 Å². The maximum atomic E-state index is 11.0. The van der Waals surface area contributed by atoms with Crippen molar-refractivity contribution in [2.75, 3.05) is 12.8 Å². The molecule has 1 aromatic carbocycles. The van der Waals surface area contributed by atoms with E-state index in [4.69, 9.17) is 4.74 Å². The van der Waals surface area contributed by atoms with Gasteiger partial charge in [-0.3, -0.25) is 0 Å². The van der Waals surface area contributed by atoms with E-state index in [9.17, 15) is 8.42 Å². The van der Waals surface area contributed by atoms with Gasteiger partial charge in [0, 0.05) is 25.3 Å². The van der Waals surface area contributed by atoms with Crippen molar-refractivity contribution in [3.63, 3.8) is 0 Å². The van der Waals surface area contributed by atoms with Crippen LogP contribution >= 0.6 is 0 Å². The predicted molar refractivity (Wildman–Crippen MR) is 114 cm³/mol. The van der Waals surface area contributed by atoms with Crippen LogP contribution in [0.3, 0.4) is 0 Å². The third-order valence-corrected chi connectivity index (χ3v) is 6.48. The van der Waals surface area contributed by atoms with Crippen molar-refractivity contribution in [2.24, 2.45) is 5.92 Å². The van der Waals surface area contributed by atoms with Crippen molar-refractivity contribution < 1.29 is 13.2 Å². The van der Waals surface area contributed by atoms with Gasteiger partial charge in [-0.15, -0.1) is 5.92 Å². The van der Waals surface area contributed by atoms with Gasteiger partial charge in [-0.1, -0.05) is 29.7 Å². The average molecular weight is 402 g/mol. The zero-order valence-electron chi connectivity index (χ0n) is 17.3. The third kappa shape index (κ3) is 5.18. The molecule has 2 atom stereocenters. The molecular formula is C23H31NO3S. The molecule has 1 heterocycles. The predicted octanol–water partition coefficient (Wildman–Crippen LogP) is 4.17. The van der Waals surface area contributed by atoms with Crippen molar-refractivity contribution in [1.82, 2.24) is 4.72 Å². The molecule has 1 aliphatic heterocycles. The lowest BCUT2D eigenvalue weighted by Crippen LogP contribution is -2.45. The Morgan fingerprint density at radius 2 is 2.07 bits per heavy atom. The summed E-state index contributed by atoms with van der Waals surface area (Å²) in [4.78, 5) is 0. The Morgan fingerprint density at radius 3 is 2.82 bits per heavy atom. The van der Waals surface area contributed by atoms with Crippen LogP contribution in [0.4, 0.5) is 0 Å². The normalized spacial score (nSPS) is 22.8. The van der Waals surface area contributed by atoms with Crippen LogP contribution in [0.5, 0.6) is 5.75 Å². The minimum atomic E-state index is -3.11. The van der Waals surface area contributed by atoms with Crippen LogP contribution in [0.15, 0.2) is 29.8 Å². The first kappa shape index (κ1) is 21.0. The number of allylic oxidation sites excluding steroid dienone is 2. The van der Waals surface area contributed by atoms with Gasteiger partial charge in [0.05, 0.1) is 6.26 Å². The van der Waals surface area contributed by atoms with E-state index in [0.717, 1.165) is 30.6 Å². The Kier molecular flexibility index (Phi) is 6.21. The molecule has 2 aliphatic rings. The van der Waals surface area contributed by atoms with Crippen LogP contribution < -0.4 is 9.46 Å². The highest BCUT2D eigenvalue weighted by Crippen LogP contribution is 2.51. The summed E-state index contributed by atoms with van der Waals surface area (Å²) in [6, 6.07) is 6.56. The Hall–Kier alpha value is -1.77. The van der Waals surface area contributed by atoms with E-state index >= 15 is 0 Å². The minimum Gasteiger partial charge on any atom is -0.487 e. The van der Waals surface area contributed by atoms with Crippen LogP contribution in [0, 0.1) is 17.8 Å². The minimum absolute atomic E-state index is 0.161. The van der Waals surface area contributed by atoms with Gasteiger partial charge >= 0.3 is 0 Å². The fourth-order valence-electron chi connectivity index (χ4n) is 4.29.